The molecule has 0 radical (unpaired) electrons. The molecule has 1 aromatic rings. The summed E-state index contributed by atoms with van der Waals surface area (Å²) in [7, 11) is 0. The van der Waals surface area contributed by atoms with Gasteiger partial charge in [-0.05, 0) is 25.8 Å². The van der Waals surface area contributed by atoms with Gasteiger partial charge in [0, 0.05) is 38.1 Å². The molecule has 0 unspecified atom stereocenters. The average Bonchev–Trinajstić information content (AvgIpc) is 2.93. The van der Waals surface area contributed by atoms with Gasteiger partial charge in [-0.2, -0.15) is 0 Å². The highest BCUT2D eigenvalue weighted by Gasteiger charge is 2.24. The van der Waals surface area contributed by atoms with Crippen molar-refractivity contribution < 1.29 is 9.47 Å². The molecular weight excluding hydrogens is 266 g/mol. The van der Waals surface area contributed by atoms with Crippen LogP contribution in [0.1, 0.15) is 30.9 Å². The minimum absolute atomic E-state index is 0. The first kappa shape index (κ1) is 14.5. The zero-order chi connectivity index (χ0) is 12.2. The molecule has 0 amide bonds. The van der Waals surface area contributed by atoms with Crippen LogP contribution in [0.5, 0.6) is 5.88 Å². The van der Waals surface area contributed by atoms with Crippen molar-refractivity contribution in [2.45, 2.75) is 31.3 Å². The summed E-state index contributed by atoms with van der Waals surface area (Å²) >= 11 is 0. The second kappa shape index (κ2) is 7.03. The SMILES string of the molecule is Cl.c1cnc(C2CCOCC2)c(O[C@H]2CCNC2)n1. The standard InChI is InChI=1S/C13H19N3O2.ClH/c1-4-14-9-11(1)18-13-12(15-5-6-16-13)10-2-7-17-8-3-10;/h5-6,10-11,14H,1-4,7-9H2;1H/t11-;/m0./s1. The fraction of sp³-hybridized carbons (Fsp3) is 0.692. The number of ether oxygens (including phenoxy) is 2. The van der Waals surface area contributed by atoms with Gasteiger partial charge in [-0.15, -0.1) is 12.4 Å². The molecule has 5 nitrogen and oxygen atoms in total. The summed E-state index contributed by atoms with van der Waals surface area (Å²) in [5.74, 6) is 1.15. The summed E-state index contributed by atoms with van der Waals surface area (Å²) < 4.78 is 11.4. The Morgan fingerprint density at radius 2 is 1.95 bits per heavy atom. The quantitative estimate of drug-likeness (QED) is 0.913. The van der Waals surface area contributed by atoms with E-state index in [9.17, 15) is 0 Å². The zero-order valence-electron chi connectivity index (χ0n) is 10.9. The minimum Gasteiger partial charge on any atom is -0.472 e. The molecule has 0 aliphatic carbocycles. The number of halogens is 1. The first-order valence-electron chi connectivity index (χ1n) is 6.69. The van der Waals surface area contributed by atoms with E-state index in [0.29, 0.717) is 5.92 Å². The number of nitrogens with zero attached hydrogens (tertiary/aromatic N) is 2. The van der Waals surface area contributed by atoms with E-state index in [4.69, 9.17) is 9.47 Å². The van der Waals surface area contributed by atoms with Crippen molar-refractivity contribution in [3.8, 4) is 5.88 Å². The number of rotatable bonds is 3. The predicted molar refractivity (Wildman–Crippen MR) is 74.0 cm³/mol. The van der Waals surface area contributed by atoms with E-state index in [1.54, 1.807) is 12.4 Å². The van der Waals surface area contributed by atoms with Crippen LogP contribution in [-0.2, 0) is 4.74 Å². The van der Waals surface area contributed by atoms with Crippen LogP contribution in [0.15, 0.2) is 12.4 Å². The topological polar surface area (TPSA) is 56.3 Å². The van der Waals surface area contributed by atoms with E-state index < -0.39 is 0 Å². The number of aromatic nitrogens is 2. The third-order valence-electron chi connectivity index (χ3n) is 3.59. The van der Waals surface area contributed by atoms with Crippen LogP contribution in [0.25, 0.3) is 0 Å². The lowest BCUT2D eigenvalue weighted by atomic mass is 9.96. The van der Waals surface area contributed by atoms with Crippen LogP contribution in [-0.4, -0.2) is 42.4 Å². The first-order valence-corrected chi connectivity index (χ1v) is 6.69. The van der Waals surface area contributed by atoms with Crippen molar-refractivity contribution >= 4 is 12.4 Å². The summed E-state index contributed by atoms with van der Waals surface area (Å²) in [5, 5.41) is 3.30. The molecule has 2 fully saturated rings. The van der Waals surface area contributed by atoms with Gasteiger partial charge in [0.1, 0.15) is 11.8 Å². The summed E-state index contributed by atoms with van der Waals surface area (Å²) in [6, 6.07) is 0. The highest BCUT2D eigenvalue weighted by atomic mass is 35.5. The third kappa shape index (κ3) is 3.55. The summed E-state index contributed by atoms with van der Waals surface area (Å²) in [6.07, 6.45) is 6.77. The van der Waals surface area contributed by atoms with Crippen LogP contribution >= 0.6 is 12.4 Å². The van der Waals surface area contributed by atoms with Gasteiger partial charge in [0.05, 0.1) is 0 Å². The predicted octanol–water partition coefficient (Wildman–Crippen LogP) is 1.53. The molecule has 3 rings (SSSR count). The maximum absolute atomic E-state index is 5.98. The van der Waals surface area contributed by atoms with Crippen molar-refractivity contribution in [2.75, 3.05) is 26.3 Å². The van der Waals surface area contributed by atoms with Crippen molar-refractivity contribution in [1.29, 1.82) is 0 Å². The normalized spacial score (nSPS) is 23.9. The van der Waals surface area contributed by atoms with Gasteiger partial charge < -0.3 is 14.8 Å². The van der Waals surface area contributed by atoms with Crippen molar-refractivity contribution in [3.63, 3.8) is 0 Å². The Morgan fingerprint density at radius 3 is 2.68 bits per heavy atom. The molecule has 3 heterocycles. The Kier molecular flexibility index (Phi) is 5.36. The number of hydrogen-bond donors (Lipinski definition) is 1. The van der Waals surface area contributed by atoms with Gasteiger partial charge in [0.25, 0.3) is 0 Å². The maximum Gasteiger partial charge on any atom is 0.236 e. The van der Waals surface area contributed by atoms with Gasteiger partial charge in [-0.25, -0.2) is 4.98 Å². The molecule has 2 aliphatic rings. The largest absolute Gasteiger partial charge is 0.472 e. The lowest BCUT2D eigenvalue weighted by Gasteiger charge is -2.23. The second-order valence-corrected chi connectivity index (χ2v) is 4.87. The van der Waals surface area contributed by atoms with Crippen LogP contribution in [0.4, 0.5) is 0 Å². The molecule has 2 aliphatic heterocycles. The summed E-state index contributed by atoms with van der Waals surface area (Å²) in [4.78, 5) is 8.85. The van der Waals surface area contributed by atoms with E-state index in [-0.39, 0.29) is 18.5 Å². The van der Waals surface area contributed by atoms with Gasteiger partial charge in [-0.1, -0.05) is 0 Å². The molecule has 19 heavy (non-hydrogen) atoms. The average molecular weight is 286 g/mol. The van der Waals surface area contributed by atoms with Crippen molar-refractivity contribution in [3.05, 3.63) is 18.1 Å². The van der Waals surface area contributed by atoms with Gasteiger partial charge in [-0.3, -0.25) is 4.98 Å². The highest BCUT2D eigenvalue weighted by molar-refractivity contribution is 5.85. The fourth-order valence-corrected chi connectivity index (χ4v) is 2.56. The van der Waals surface area contributed by atoms with E-state index in [1.165, 1.54) is 0 Å². The van der Waals surface area contributed by atoms with Crippen molar-refractivity contribution in [1.82, 2.24) is 15.3 Å². The Morgan fingerprint density at radius 1 is 1.16 bits per heavy atom. The third-order valence-corrected chi connectivity index (χ3v) is 3.59. The highest BCUT2D eigenvalue weighted by Crippen LogP contribution is 2.31. The molecule has 1 aromatic heterocycles. The zero-order valence-corrected chi connectivity index (χ0v) is 11.7. The molecule has 0 spiro atoms. The van der Waals surface area contributed by atoms with Gasteiger partial charge in [0.15, 0.2) is 0 Å². The van der Waals surface area contributed by atoms with E-state index in [0.717, 1.165) is 57.1 Å². The molecule has 0 bridgehead atoms. The lowest BCUT2D eigenvalue weighted by Crippen LogP contribution is -2.22. The molecule has 106 valence electrons. The summed E-state index contributed by atoms with van der Waals surface area (Å²) in [6.45, 7) is 3.55. The summed E-state index contributed by atoms with van der Waals surface area (Å²) in [5.41, 5.74) is 1.01. The lowest BCUT2D eigenvalue weighted by molar-refractivity contribution is 0.0829. The number of nitrogens with one attached hydrogen (secondary N) is 1. The van der Waals surface area contributed by atoms with E-state index in [1.807, 2.05) is 0 Å². The second-order valence-electron chi connectivity index (χ2n) is 4.87. The minimum atomic E-state index is 0. The molecule has 1 atom stereocenters. The molecular formula is C13H20ClN3O2. The smallest absolute Gasteiger partial charge is 0.236 e. The number of hydrogen-bond acceptors (Lipinski definition) is 5. The maximum atomic E-state index is 5.98. The Balaban J connectivity index is 0.00000133. The van der Waals surface area contributed by atoms with E-state index >= 15 is 0 Å². The molecule has 6 heteroatoms. The van der Waals surface area contributed by atoms with Crippen LogP contribution in [0.2, 0.25) is 0 Å². The molecule has 2 saturated heterocycles. The monoisotopic (exact) mass is 285 g/mol. The Hall–Kier alpha value is -0.910. The molecule has 0 saturated carbocycles. The van der Waals surface area contributed by atoms with Crippen LogP contribution in [0, 0.1) is 0 Å². The van der Waals surface area contributed by atoms with E-state index in [2.05, 4.69) is 15.3 Å². The fourth-order valence-electron chi connectivity index (χ4n) is 2.56. The van der Waals surface area contributed by atoms with Crippen LogP contribution < -0.4 is 10.1 Å². The molecule has 0 aromatic carbocycles. The Labute approximate surface area is 119 Å². The Bertz CT molecular complexity index is 393. The molecule has 1 N–H and O–H groups in total. The van der Waals surface area contributed by atoms with Crippen LogP contribution in [0.3, 0.4) is 0 Å². The van der Waals surface area contributed by atoms with Gasteiger partial charge in [0.2, 0.25) is 5.88 Å². The van der Waals surface area contributed by atoms with Crippen molar-refractivity contribution in [2.24, 2.45) is 0 Å². The van der Waals surface area contributed by atoms with Gasteiger partial charge >= 0.3 is 0 Å². The first-order chi connectivity index (χ1) is 8.93.